The maximum Gasteiger partial charge on any atom is 0.161 e. The van der Waals surface area contributed by atoms with E-state index in [1.807, 2.05) is 12.1 Å². The third-order valence-electron chi connectivity index (χ3n) is 2.72. The van der Waals surface area contributed by atoms with E-state index in [2.05, 4.69) is 21.2 Å². The molecule has 0 saturated heterocycles. The second-order valence-electron chi connectivity index (χ2n) is 4.01. The molecular formula is C13H20BrNO4. The van der Waals surface area contributed by atoms with Crippen molar-refractivity contribution in [1.82, 2.24) is 5.32 Å². The van der Waals surface area contributed by atoms with E-state index >= 15 is 0 Å². The zero-order valence-electron chi connectivity index (χ0n) is 11.4. The molecule has 2 N–H and O–H groups in total. The molecule has 108 valence electrons. The van der Waals surface area contributed by atoms with Crippen LogP contribution in [0.4, 0.5) is 0 Å². The van der Waals surface area contributed by atoms with Gasteiger partial charge in [-0.3, -0.25) is 0 Å². The molecule has 0 fully saturated rings. The minimum absolute atomic E-state index is 0.0265. The molecule has 6 heteroatoms. The first kappa shape index (κ1) is 16.2. The molecule has 0 heterocycles. The molecule has 0 aliphatic carbocycles. The van der Waals surface area contributed by atoms with Crippen LogP contribution in [0.1, 0.15) is 5.56 Å². The Bertz CT molecular complexity index is 400. The molecule has 1 aromatic carbocycles. The van der Waals surface area contributed by atoms with Crippen LogP contribution in [-0.4, -0.2) is 45.7 Å². The van der Waals surface area contributed by atoms with Gasteiger partial charge in [-0.2, -0.15) is 0 Å². The highest BCUT2D eigenvalue weighted by Gasteiger charge is 2.11. The van der Waals surface area contributed by atoms with Gasteiger partial charge in [-0.15, -0.1) is 0 Å². The van der Waals surface area contributed by atoms with Crippen molar-refractivity contribution >= 4 is 15.9 Å². The van der Waals surface area contributed by atoms with E-state index in [4.69, 9.17) is 14.2 Å². The summed E-state index contributed by atoms with van der Waals surface area (Å²) in [5.41, 5.74) is 1.02. The highest BCUT2D eigenvalue weighted by molar-refractivity contribution is 9.10. The number of ether oxygens (including phenoxy) is 3. The molecule has 5 nitrogen and oxygen atoms in total. The van der Waals surface area contributed by atoms with Crippen molar-refractivity contribution in [3.63, 3.8) is 0 Å². The van der Waals surface area contributed by atoms with Crippen molar-refractivity contribution in [3.8, 4) is 11.5 Å². The maximum absolute atomic E-state index is 9.19. The molecule has 0 aliphatic rings. The van der Waals surface area contributed by atoms with Crippen molar-refractivity contribution in [2.45, 2.75) is 12.6 Å². The van der Waals surface area contributed by atoms with Gasteiger partial charge in [0.1, 0.15) is 0 Å². The average Bonchev–Trinajstić information content (AvgIpc) is 2.44. The van der Waals surface area contributed by atoms with E-state index < -0.39 is 0 Å². The predicted octanol–water partition coefficient (Wildman–Crippen LogP) is 1.56. The van der Waals surface area contributed by atoms with Crippen molar-refractivity contribution in [2.24, 2.45) is 0 Å². The second-order valence-corrected chi connectivity index (χ2v) is 4.87. The van der Waals surface area contributed by atoms with Crippen LogP contribution in [0, 0.1) is 0 Å². The number of benzene rings is 1. The van der Waals surface area contributed by atoms with Gasteiger partial charge in [0.25, 0.3) is 0 Å². The number of hydrogen-bond donors (Lipinski definition) is 2. The number of methoxy groups -OCH3 is 3. The summed E-state index contributed by atoms with van der Waals surface area (Å²) in [7, 11) is 4.81. The second kappa shape index (κ2) is 8.37. The van der Waals surface area contributed by atoms with Crippen molar-refractivity contribution in [1.29, 1.82) is 0 Å². The summed E-state index contributed by atoms with van der Waals surface area (Å²) in [6, 6.07) is 3.67. The van der Waals surface area contributed by atoms with Gasteiger partial charge in [0, 0.05) is 18.1 Å². The number of rotatable bonds is 8. The third kappa shape index (κ3) is 4.65. The van der Waals surface area contributed by atoms with Crippen LogP contribution in [0.25, 0.3) is 0 Å². The standard InChI is InChI=1S/C13H20BrNO4/c1-17-8-10(7-16)15-6-9-4-12(18-2)13(19-3)5-11(9)14/h4-5,10,15-16H,6-8H2,1-3H3. The van der Waals surface area contributed by atoms with Crippen LogP contribution in [0.5, 0.6) is 11.5 Å². The zero-order chi connectivity index (χ0) is 14.3. The van der Waals surface area contributed by atoms with E-state index in [9.17, 15) is 5.11 Å². The summed E-state index contributed by atoms with van der Waals surface area (Å²) in [6.07, 6.45) is 0. The van der Waals surface area contributed by atoms with Crippen LogP contribution in [-0.2, 0) is 11.3 Å². The van der Waals surface area contributed by atoms with Gasteiger partial charge < -0.3 is 24.6 Å². The van der Waals surface area contributed by atoms with Crippen LogP contribution in [0.3, 0.4) is 0 Å². The van der Waals surface area contributed by atoms with E-state index in [-0.39, 0.29) is 12.6 Å². The van der Waals surface area contributed by atoms with Crippen LogP contribution in [0.2, 0.25) is 0 Å². The number of hydrogen-bond acceptors (Lipinski definition) is 5. The van der Waals surface area contributed by atoms with Crippen LogP contribution >= 0.6 is 15.9 Å². The summed E-state index contributed by atoms with van der Waals surface area (Å²) in [6.45, 7) is 1.08. The molecule has 19 heavy (non-hydrogen) atoms. The number of halogens is 1. The lowest BCUT2D eigenvalue weighted by Gasteiger charge is -2.17. The molecular weight excluding hydrogens is 314 g/mol. The Morgan fingerprint density at radius 2 is 1.84 bits per heavy atom. The lowest BCUT2D eigenvalue weighted by atomic mass is 10.2. The Labute approximate surface area is 122 Å². The largest absolute Gasteiger partial charge is 0.493 e. The highest BCUT2D eigenvalue weighted by atomic mass is 79.9. The molecule has 1 rings (SSSR count). The minimum Gasteiger partial charge on any atom is -0.493 e. The van der Waals surface area contributed by atoms with Gasteiger partial charge in [-0.05, 0) is 17.7 Å². The lowest BCUT2D eigenvalue weighted by molar-refractivity contribution is 0.128. The fraction of sp³-hybridized carbons (Fsp3) is 0.538. The first-order valence-corrected chi connectivity index (χ1v) is 6.69. The molecule has 1 aromatic rings. The Hall–Kier alpha value is -0.820. The number of nitrogens with one attached hydrogen (secondary N) is 1. The Balaban J connectivity index is 2.77. The molecule has 1 atom stereocenters. The molecule has 0 aliphatic heterocycles. The topological polar surface area (TPSA) is 60.0 Å². The van der Waals surface area contributed by atoms with Gasteiger partial charge in [0.05, 0.1) is 33.5 Å². The Morgan fingerprint density at radius 3 is 2.37 bits per heavy atom. The van der Waals surface area contributed by atoms with Crippen molar-refractivity contribution in [2.75, 3.05) is 34.5 Å². The minimum atomic E-state index is -0.0926. The quantitative estimate of drug-likeness (QED) is 0.756. The Kier molecular flexibility index (Phi) is 7.15. The molecule has 0 radical (unpaired) electrons. The van der Waals surface area contributed by atoms with E-state index in [1.165, 1.54) is 0 Å². The fourth-order valence-corrected chi connectivity index (χ4v) is 2.13. The lowest BCUT2D eigenvalue weighted by Crippen LogP contribution is -2.36. The van der Waals surface area contributed by atoms with E-state index in [0.717, 1.165) is 10.0 Å². The highest BCUT2D eigenvalue weighted by Crippen LogP contribution is 2.33. The Morgan fingerprint density at radius 1 is 1.21 bits per heavy atom. The third-order valence-corrected chi connectivity index (χ3v) is 3.46. The van der Waals surface area contributed by atoms with Gasteiger partial charge >= 0.3 is 0 Å². The molecule has 1 unspecified atom stereocenters. The smallest absolute Gasteiger partial charge is 0.161 e. The summed E-state index contributed by atoms with van der Waals surface area (Å²) in [5, 5.41) is 12.4. The van der Waals surface area contributed by atoms with E-state index in [0.29, 0.717) is 24.7 Å². The summed E-state index contributed by atoms with van der Waals surface area (Å²) >= 11 is 3.49. The normalized spacial score (nSPS) is 12.3. The first-order chi connectivity index (χ1) is 9.15. The fourth-order valence-electron chi connectivity index (χ4n) is 1.66. The molecule has 0 spiro atoms. The monoisotopic (exact) mass is 333 g/mol. The maximum atomic E-state index is 9.19. The van der Waals surface area contributed by atoms with Crippen molar-refractivity contribution < 1.29 is 19.3 Å². The predicted molar refractivity (Wildman–Crippen MR) is 76.8 cm³/mol. The number of aliphatic hydroxyl groups is 1. The molecule has 0 aromatic heterocycles. The SMILES string of the molecule is COCC(CO)NCc1cc(OC)c(OC)cc1Br. The van der Waals surface area contributed by atoms with Gasteiger partial charge in [0.15, 0.2) is 11.5 Å². The first-order valence-electron chi connectivity index (χ1n) is 5.89. The summed E-state index contributed by atoms with van der Waals surface area (Å²) in [5.74, 6) is 1.35. The zero-order valence-corrected chi connectivity index (χ0v) is 13.0. The van der Waals surface area contributed by atoms with Crippen molar-refractivity contribution in [3.05, 3.63) is 22.2 Å². The van der Waals surface area contributed by atoms with Gasteiger partial charge in [0.2, 0.25) is 0 Å². The molecule has 0 amide bonds. The summed E-state index contributed by atoms with van der Waals surface area (Å²) < 4.78 is 16.4. The van der Waals surface area contributed by atoms with Gasteiger partial charge in [-0.1, -0.05) is 15.9 Å². The number of aliphatic hydroxyl groups excluding tert-OH is 1. The summed E-state index contributed by atoms with van der Waals surface area (Å²) in [4.78, 5) is 0. The van der Waals surface area contributed by atoms with Gasteiger partial charge in [-0.25, -0.2) is 0 Å². The van der Waals surface area contributed by atoms with Crippen LogP contribution < -0.4 is 14.8 Å². The molecule has 0 saturated carbocycles. The van der Waals surface area contributed by atoms with E-state index in [1.54, 1.807) is 21.3 Å². The average molecular weight is 334 g/mol. The van der Waals surface area contributed by atoms with Crippen LogP contribution in [0.15, 0.2) is 16.6 Å². The molecule has 0 bridgehead atoms.